The molecule has 1 aliphatic heterocycles. The normalized spacial score (nSPS) is 14.5. The first kappa shape index (κ1) is 25.7. The molecule has 1 saturated heterocycles. The van der Waals surface area contributed by atoms with E-state index in [1.54, 1.807) is 30.5 Å². The zero-order valence-electron chi connectivity index (χ0n) is 21.5. The number of pyridine rings is 2. The van der Waals surface area contributed by atoms with Crippen molar-refractivity contribution in [3.63, 3.8) is 0 Å². The Hall–Kier alpha value is -3.99. The van der Waals surface area contributed by atoms with Gasteiger partial charge < -0.3 is 19.7 Å². The monoisotopic (exact) mass is 539 g/mol. The van der Waals surface area contributed by atoms with Crippen molar-refractivity contribution in [3.05, 3.63) is 63.0 Å². The van der Waals surface area contributed by atoms with Gasteiger partial charge in [0, 0.05) is 38.1 Å². The van der Waals surface area contributed by atoms with Crippen LogP contribution >= 0.6 is 11.6 Å². The average molecular weight is 540 g/mol. The van der Waals surface area contributed by atoms with Gasteiger partial charge in [0.1, 0.15) is 28.9 Å². The minimum absolute atomic E-state index is 0.0517. The Morgan fingerprint density at radius 3 is 2.53 bits per heavy atom. The smallest absolute Gasteiger partial charge is 0.265 e. The summed E-state index contributed by atoms with van der Waals surface area (Å²) in [6.45, 7) is 1.11. The molecule has 0 radical (unpaired) electrons. The number of aromatic nitrogens is 4. The maximum atomic E-state index is 14.0. The highest BCUT2D eigenvalue weighted by Crippen LogP contribution is 2.28. The number of carbonyl (C=O) groups is 2. The highest BCUT2D eigenvalue weighted by atomic mass is 35.5. The van der Waals surface area contributed by atoms with Gasteiger partial charge in [-0.15, -0.1) is 0 Å². The summed E-state index contributed by atoms with van der Waals surface area (Å²) < 4.78 is 17.1. The topological polar surface area (TPSA) is 105 Å². The summed E-state index contributed by atoms with van der Waals surface area (Å²) in [7, 11) is 5.55. The van der Waals surface area contributed by atoms with Crippen LogP contribution in [0.25, 0.3) is 22.1 Å². The molecule has 0 spiro atoms. The molecule has 38 heavy (non-hydrogen) atoms. The largest absolute Gasteiger partial charge is 0.348 e. The second kappa shape index (κ2) is 9.39. The van der Waals surface area contributed by atoms with Crippen molar-refractivity contribution in [1.29, 1.82) is 0 Å². The van der Waals surface area contributed by atoms with E-state index in [4.69, 9.17) is 16.6 Å². The zero-order valence-corrected chi connectivity index (χ0v) is 22.2. The Bertz CT molecular complexity index is 1640. The van der Waals surface area contributed by atoms with Crippen LogP contribution in [0.15, 0.2) is 41.3 Å². The van der Waals surface area contributed by atoms with E-state index in [1.807, 2.05) is 30.6 Å². The summed E-state index contributed by atoms with van der Waals surface area (Å²) in [5.74, 6) is -0.382. The van der Waals surface area contributed by atoms with Crippen molar-refractivity contribution in [2.45, 2.75) is 25.7 Å². The summed E-state index contributed by atoms with van der Waals surface area (Å²) >= 11 is 5.94. The summed E-state index contributed by atoms with van der Waals surface area (Å²) in [5, 5.41) is 3.79. The van der Waals surface area contributed by atoms with E-state index in [1.165, 1.54) is 22.5 Å². The summed E-state index contributed by atoms with van der Waals surface area (Å²) in [6.07, 6.45) is 1.58. The molecule has 4 heterocycles. The third-order valence-corrected chi connectivity index (χ3v) is 6.89. The number of aryl methyl sites for hydroxylation is 1. The highest BCUT2D eigenvalue weighted by Gasteiger charge is 2.41. The van der Waals surface area contributed by atoms with Gasteiger partial charge in [0.2, 0.25) is 11.9 Å². The fourth-order valence-electron chi connectivity index (χ4n) is 4.69. The quantitative estimate of drug-likeness (QED) is 0.404. The number of nitrogens with zero attached hydrogens (tertiary/aromatic N) is 6. The van der Waals surface area contributed by atoms with Crippen LogP contribution in [0.3, 0.4) is 0 Å². The maximum Gasteiger partial charge on any atom is 0.265 e. The van der Waals surface area contributed by atoms with Crippen LogP contribution in [0.1, 0.15) is 22.8 Å². The van der Waals surface area contributed by atoms with E-state index in [-0.39, 0.29) is 37.4 Å². The van der Waals surface area contributed by atoms with Gasteiger partial charge in [-0.3, -0.25) is 19.0 Å². The Kier molecular flexibility index (Phi) is 6.34. The molecule has 0 unspecified atom stereocenters. The first-order chi connectivity index (χ1) is 17.9. The molecule has 198 valence electrons. The van der Waals surface area contributed by atoms with E-state index in [2.05, 4.69) is 10.3 Å². The molecule has 12 heteroatoms. The molecule has 10 nitrogen and oxygen atoms in total. The third-order valence-electron chi connectivity index (χ3n) is 6.64. The Balaban J connectivity index is 1.60. The number of hydrogen-bond acceptors (Lipinski definition) is 6. The first-order valence-electron chi connectivity index (χ1n) is 12.0. The van der Waals surface area contributed by atoms with Gasteiger partial charge in [0.15, 0.2) is 0 Å². The van der Waals surface area contributed by atoms with Crippen molar-refractivity contribution < 1.29 is 14.0 Å². The molecule has 1 N–H and O–H groups in total. The molecular formula is C26H27ClFN7O3. The molecule has 0 aliphatic carbocycles. The number of fused-ring (bicyclic) bond motifs is 3. The van der Waals surface area contributed by atoms with E-state index in [0.29, 0.717) is 27.4 Å². The fourth-order valence-corrected chi connectivity index (χ4v) is 4.81. The molecule has 2 amide bonds. The molecule has 0 atom stereocenters. The van der Waals surface area contributed by atoms with Crippen LogP contribution in [-0.4, -0.2) is 68.7 Å². The number of anilines is 1. The summed E-state index contributed by atoms with van der Waals surface area (Å²) in [4.78, 5) is 52.1. The Morgan fingerprint density at radius 1 is 1.21 bits per heavy atom. The first-order valence-corrected chi connectivity index (χ1v) is 12.4. The van der Waals surface area contributed by atoms with Crippen LogP contribution in [-0.2, 0) is 24.9 Å². The summed E-state index contributed by atoms with van der Waals surface area (Å²) in [6, 6.07) is 8.44. The molecule has 4 aromatic rings. The average Bonchev–Trinajstić information content (AvgIpc) is 3.20. The number of hydrogen-bond donors (Lipinski definition) is 1. The SMILES string of the molecule is CN(C)c1nc2c3cc(C(=O)NCc4ccc(Cl)cc4)c(=O)n(CC(=O)N4CC(C)(F)C4)c3ncc2n1C. The summed E-state index contributed by atoms with van der Waals surface area (Å²) in [5.41, 5.74) is -0.0149. The lowest BCUT2D eigenvalue weighted by molar-refractivity contribution is -0.144. The highest BCUT2D eigenvalue weighted by molar-refractivity contribution is 6.30. The van der Waals surface area contributed by atoms with Crippen molar-refractivity contribution in [3.8, 4) is 0 Å². The van der Waals surface area contributed by atoms with Gasteiger partial charge >= 0.3 is 0 Å². The van der Waals surface area contributed by atoms with Gasteiger partial charge in [-0.2, -0.15) is 0 Å². The molecule has 1 aromatic carbocycles. The standard InChI is InChI=1S/C26H27ClFN7O3/c1-26(28)13-34(14-26)20(36)12-35-22-17(21-19(11-29-22)33(4)25(31-21)32(2)3)9-18(24(35)38)23(37)30-10-15-5-7-16(27)8-6-15/h5-9,11H,10,12-14H2,1-4H3,(H,30,37). The lowest BCUT2D eigenvalue weighted by Crippen LogP contribution is -2.60. The zero-order chi connectivity index (χ0) is 27.4. The molecule has 1 fully saturated rings. The Labute approximate surface area is 222 Å². The van der Waals surface area contributed by atoms with Crippen LogP contribution in [0.4, 0.5) is 10.3 Å². The number of rotatable bonds is 6. The van der Waals surface area contributed by atoms with Gasteiger partial charge in [-0.05, 0) is 30.7 Å². The predicted molar refractivity (Wildman–Crippen MR) is 143 cm³/mol. The van der Waals surface area contributed by atoms with Gasteiger partial charge in [0.25, 0.3) is 11.5 Å². The number of halogens is 2. The number of likely N-dealkylation sites (tertiary alicyclic amines) is 1. The van der Waals surface area contributed by atoms with E-state index in [0.717, 1.165) is 5.56 Å². The van der Waals surface area contributed by atoms with Gasteiger partial charge in [-0.1, -0.05) is 23.7 Å². The predicted octanol–water partition coefficient (Wildman–Crippen LogP) is 2.50. The van der Waals surface area contributed by atoms with Crippen LogP contribution in [0.5, 0.6) is 0 Å². The van der Waals surface area contributed by atoms with E-state index >= 15 is 0 Å². The number of benzene rings is 1. The number of carbonyl (C=O) groups excluding carboxylic acids is 2. The molecule has 1 aliphatic rings. The lowest BCUT2D eigenvalue weighted by atomic mass is 9.99. The van der Waals surface area contributed by atoms with Crippen molar-refractivity contribution in [1.82, 2.24) is 29.3 Å². The fraction of sp³-hybridized carbons (Fsp3) is 0.346. The third kappa shape index (κ3) is 4.58. The molecular weight excluding hydrogens is 513 g/mol. The second-order valence-electron chi connectivity index (χ2n) is 10.0. The number of imidazole rings is 1. The second-order valence-corrected chi connectivity index (χ2v) is 10.5. The van der Waals surface area contributed by atoms with E-state index < -0.39 is 23.0 Å². The molecule has 0 saturated carbocycles. The minimum atomic E-state index is -1.45. The Morgan fingerprint density at radius 2 is 1.89 bits per heavy atom. The molecule has 0 bridgehead atoms. The van der Waals surface area contributed by atoms with Gasteiger partial charge in [-0.25, -0.2) is 14.4 Å². The van der Waals surface area contributed by atoms with Crippen molar-refractivity contribution >= 4 is 51.4 Å². The number of alkyl halides is 1. The van der Waals surface area contributed by atoms with Crippen molar-refractivity contribution in [2.24, 2.45) is 7.05 Å². The van der Waals surface area contributed by atoms with E-state index in [9.17, 15) is 18.8 Å². The number of amides is 2. The van der Waals surface area contributed by atoms with Crippen LogP contribution < -0.4 is 15.8 Å². The maximum absolute atomic E-state index is 14.0. The van der Waals surface area contributed by atoms with Gasteiger partial charge in [0.05, 0.1) is 24.8 Å². The van der Waals surface area contributed by atoms with Crippen molar-refractivity contribution in [2.75, 3.05) is 32.1 Å². The number of nitrogens with one attached hydrogen (secondary N) is 1. The molecule has 3 aromatic heterocycles. The molecule has 5 rings (SSSR count). The lowest BCUT2D eigenvalue weighted by Gasteiger charge is -2.42. The van der Waals surface area contributed by atoms with Crippen LogP contribution in [0.2, 0.25) is 5.02 Å². The van der Waals surface area contributed by atoms with Crippen LogP contribution in [0, 0.1) is 0 Å². The minimum Gasteiger partial charge on any atom is -0.348 e.